The lowest BCUT2D eigenvalue weighted by Gasteiger charge is -2.27. The highest BCUT2D eigenvalue weighted by Gasteiger charge is 2.26. The molecule has 2 unspecified atom stereocenters. The monoisotopic (exact) mass is 194 g/mol. The van der Waals surface area contributed by atoms with Crippen molar-refractivity contribution in [3.63, 3.8) is 0 Å². The number of hydrogen-bond donors (Lipinski definition) is 2. The van der Waals surface area contributed by atoms with Crippen molar-refractivity contribution >= 4 is 5.91 Å². The van der Waals surface area contributed by atoms with Crippen LogP contribution in [0, 0.1) is 0 Å². The average Bonchev–Trinajstić information content (AvgIpc) is 2.57. The molecule has 2 heterocycles. The van der Waals surface area contributed by atoms with Crippen LogP contribution in [-0.4, -0.2) is 28.3 Å². The van der Waals surface area contributed by atoms with Crippen LogP contribution in [0.2, 0.25) is 0 Å². The first-order chi connectivity index (χ1) is 6.66. The third kappa shape index (κ3) is 1.63. The Labute approximate surface area is 82.5 Å². The topological polar surface area (TPSA) is 59.0 Å². The molecule has 2 atom stereocenters. The van der Waals surface area contributed by atoms with Gasteiger partial charge in [0.05, 0.1) is 17.8 Å². The smallest absolute Gasteiger partial charge is 0.236 e. The van der Waals surface area contributed by atoms with E-state index in [1.165, 1.54) is 0 Å². The molecule has 1 amide bonds. The summed E-state index contributed by atoms with van der Waals surface area (Å²) in [6.45, 7) is 2.46. The predicted octanol–water partition coefficient (Wildman–Crippen LogP) is -0.431. The maximum Gasteiger partial charge on any atom is 0.236 e. The summed E-state index contributed by atoms with van der Waals surface area (Å²) >= 11 is 0. The standard InChI is InChI=1S/C9H14N4O/c1-6-9(14)10-5-8(11-6)7-3-4-13(2)12-7/h3-4,6,8,11H,5H2,1-2H3,(H,10,14). The number of piperazine rings is 1. The number of carbonyl (C=O) groups excluding carboxylic acids is 1. The lowest BCUT2D eigenvalue weighted by molar-refractivity contribution is -0.124. The predicted molar refractivity (Wildman–Crippen MR) is 51.6 cm³/mol. The van der Waals surface area contributed by atoms with Crippen LogP contribution in [0.5, 0.6) is 0 Å². The van der Waals surface area contributed by atoms with Crippen LogP contribution in [0.4, 0.5) is 0 Å². The number of nitrogens with zero attached hydrogens (tertiary/aromatic N) is 2. The van der Waals surface area contributed by atoms with Crippen molar-refractivity contribution in [2.75, 3.05) is 6.54 Å². The summed E-state index contributed by atoms with van der Waals surface area (Å²) in [7, 11) is 1.88. The summed E-state index contributed by atoms with van der Waals surface area (Å²) in [4.78, 5) is 11.2. The summed E-state index contributed by atoms with van der Waals surface area (Å²) in [5.41, 5.74) is 0.972. The molecule has 1 aliphatic rings. The van der Waals surface area contributed by atoms with Crippen molar-refractivity contribution < 1.29 is 4.79 Å². The first-order valence-corrected chi connectivity index (χ1v) is 4.70. The minimum absolute atomic E-state index is 0.0529. The molecular weight excluding hydrogens is 180 g/mol. The number of nitrogens with one attached hydrogen (secondary N) is 2. The highest BCUT2D eigenvalue weighted by Crippen LogP contribution is 2.12. The molecule has 1 fully saturated rings. The molecule has 5 nitrogen and oxygen atoms in total. The number of aryl methyl sites for hydroxylation is 1. The second kappa shape index (κ2) is 3.42. The summed E-state index contributed by atoms with van der Waals surface area (Å²) in [6.07, 6.45) is 1.90. The largest absolute Gasteiger partial charge is 0.353 e. The van der Waals surface area contributed by atoms with E-state index in [1.54, 1.807) is 4.68 Å². The quantitative estimate of drug-likeness (QED) is 0.637. The number of amides is 1. The van der Waals surface area contributed by atoms with E-state index in [0.717, 1.165) is 5.69 Å². The normalized spacial score (nSPS) is 27.4. The van der Waals surface area contributed by atoms with Gasteiger partial charge in [0.15, 0.2) is 0 Å². The number of carbonyl (C=O) groups is 1. The van der Waals surface area contributed by atoms with Crippen molar-refractivity contribution in [1.82, 2.24) is 20.4 Å². The summed E-state index contributed by atoms with van der Waals surface area (Å²) in [6, 6.07) is 1.95. The molecule has 2 N–H and O–H groups in total. The van der Waals surface area contributed by atoms with Gasteiger partial charge in [-0.2, -0.15) is 5.10 Å². The maximum atomic E-state index is 11.2. The van der Waals surface area contributed by atoms with Gasteiger partial charge in [-0.1, -0.05) is 0 Å². The van der Waals surface area contributed by atoms with Crippen LogP contribution in [0.25, 0.3) is 0 Å². The Morgan fingerprint density at radius 2 is 2.43 bits per heavy atom. The second-order valence-electron chi connectivity index (χ2n) is 3.60. The van der Waals surface area contributed by atoms with E-state index in [0.29, 0.717) is 6.54 Å². The van der Waals surface area contributed by atoms with Crippen LogP contribution in [0.1, 0.15) is 18.7 Å². The minimum Gasteiger partial charge on any atom is -0.353 e. The molecule has 14 heavy (non-hydrogen) atoms. The van der Waals surface area contributed by atoms with Crippen molar-refractivity contribution in [3.8, 4) is 0 Å². The van der Waals surface area contributed by atoms with Crippen LogP contribution in [0.3, 0.4) is 0 Å². The average molecular weight is 194 g/mol. The molecule has 0 saturated carbocycles. The first kappa shape index (κ1) is 9.21. The highest BCUT2D eigenvalue weighted by atomic mass is 16.2. The Hall–Kier alpha value is -1.36. The second-order valence-corrected chi connectivity index (χ2v) is 3.60. The molecule has 0 spiro atoms. The van der Waals surface area contributed by atoms with Gasteiger partial charge in [0.2, 0.25) is 5.91 Å². The van der Waals surface area contributed by atoms with E-state index in [9.17, 15) is 4.79 Å². The minimum atomic E-state index is -0.143. The van der Waals surface area contributed by atoms with Gasteiger partial charge < -0.3 is 5.32 Å². The Morgan fingerprint density at radius 1 is 1.64 bits per heavy atom. The Balaban J connectivity index is 2.10. The molecule has 1 aromatic rings. The van der Waals surface area contributed by atoms with Crippen molar-refractivity contribution in [3.05, 3.63) is 18.0 Å². The molecule has 1 aromatic heterocycles. The molecule has 0 aliphatic carbocycles. The van der Waals surface area contributed by atoms with Gasteiger partial charge in [-0.25, -0.2) is 0 Å². The van der Waals surface area contributed by atoms with Crippen molar-refractivity contribution in [2.24, 2.45) is 7.05 Å². The summed E-state index contributed by atoms with van der Waals surface area (Å²) in [5, 5.41) is 10.3. The third-order valence-corrected chi connectivity index (χ3v) is 2.42. The zero-order valence-electron chi connectivity index (χ0n) is 8.32. The van der Waals surface area contributed by atoms with Gasteiger partial charge in [-0.3, -0.25) is 14.8 Å². The van der Waals surface area contributed by atoms with Gasteiger partial charge in [0.25, 0.3) is 0 Å². The van der Waals surface area contributed by atoms with E-state index in [4.69, 9.17) is 0 Å². The third-order valence-electron chi connectivity index (χ3n) is 2.42. The number of aromatic nitrogens is 2. The van der Waals surface area contributed by atoms with E-state index < -0.39 is 0 Å². The van der Waals surface area contributed by atoms with Crippen LogP contribution in [-0.2, 0) is 11.8 Å². The van der Waals surface area contributed by atoms with Crippen LogP contribution in [0.15, 0.2) is 12.3 Å². The van der Waals surface area contributed by atoms with Crippen molar-refractivity contribution in [1.29, 1.82) is 0 Å². The highest BCUT2D eigenvalue weighted by molar-refractivity contribution is 5.82. The van der Waals surface area contributed by atoms with Crippen LogP contribution >= 0.6 is 0 Å². The molecule has 5 heteroatoms. The van der Waals surface area contributed by atoms with Gasteiger partial charge >= 0.3 is 0 Å². The van der Waals surface area contributed by atoms with Gasteiger partial charge in [0.1, 0.15) is 0 Å². The Bertz CT molecular complexity index is 346. The molecule has 0 bridgehead atoms. The van der Waals surface area contributed by atoms with Gasteiger partial charge in [-0.05, 0) is 13.0 Å². The molecular formula is C9H14N4O. The van der Waals surface area contributed by atoms with E-state index >= 15 is 0 Å². The van der Waals surface area contributed by atoms with Gasteiger partial charge in [-0.15, -0.1) is 0 Å². The molecule has 0 aromatic carbocycles. The fourth-order valence-electron chi connectivity index (χ4n) is 1.60. The maximum absolute atomic E-state index is 11.2. The zero-order valence-corrected chi connectivity index (χ0v) is 8.32. The molecule has 76 valence electrons. The zero-order chi connectivity index (χ0) is 10.1. The molecule has 1 saturated heterocycles. The summed E-state index contributed by atoms with van der Waals surface area (Å²) in [5.74, 6) is 0.0529. The number of rotatable bonds is 1. The number of hydrogen-bond acceptors (Lipinski definition) is 3. The SMILES string of the molecule is CC1NC(c2ccn(C)n2)CNC1=O. The van der Waals surface area contributed by atoms with E-state index in [2.05, 4.69) is 15.7 Å². The fraction of sp³-hybridized carbons (Fsp3) is 0.556. The van der Waals surface area contributed by atoms with Gasteiger partial charge in [0, 0.05) is 19.8 Å². The first-order valence-electron chi connectivity index (χ1n) is 4.70. The van der Waals surface area contributed by atoms with E-state index in [-0.39, 0.29) is 18.0 Å². The lowest BCUT2D eigenvalue weighted by Crippen LogP contribution is -2.53. The van der Waals surface area contributed by atoms with Crippen molar-refractivity contribution in [2.45, 2.75) is 19.0 Å². The fourth-order valence-corrected chi connectivity index (χ4v) is 1.60. The molecule has 2 rings (SSSR count). The summed E-state index contributed by atoms with van der Waals surface area (Å²) < 4.78 is 1.76. The van der Waals surface area contributed by atoms with E-state index in [1.807, 2.05) is 26.2 Å². The lowest BCUT2D eigenvalue weighted by atomic mass is 10.1. The molecule has 0 radical (unpaired) electrons. The Kier molecular flexibility index (Phi) is 2.25. The van der Waals surface area contributed by atoms with Crippen LogP contribution < -0.4 is 10.6 Å². The Morgan fingerprint density at radius 3 is 3.00 bits per heavy atom. The molecule has 1 aliphatic heterocycles.